The molecule has 0 N–H and O–H groups in total. The zero-order chi connectivity index (χ0) is 20.9. The quantitative estimate of drug-likeness (QED) is 0.738. The number of thiophene rings is 1. The smallest absolute Gasteiger partial charge is 0.264 e. The maximum atomic E-state index is 13.1. The Balaban J connectivity index is 1.23. The van der Waals surface area contributed by atoms with Crippen LogP contribution >= 0.6 is 11.3 Å². The molecule has 160 valence electrons. The molecule has 1 aromatic heterocycles. The van der Waals surface area contributed by atoms with Gasteiger partial charge in [-0.25, -0.2) is 0 Å². The molecule has 2 saturated heterocycles. The Morgan fingerprint density at radius 1 is 0.933 bits per heavy atom. The second-order valence-electron chi connectivity index (χ2n) is 8.44. The van der Waals surface area contributed by atoms with E-state index in [1.54, 1.807) is 0 Å². The molecule has 6 heteroatoms. The molecule has 1 aromatic carbocycles. The van der Waals surface area contributed by atoms with Gasteiger partial charge in [0.2, 0.25) is 5.91 Å². The lowest BCUT2D eigenvalue weighted by Crippen LogP contribution is -2.56. The van der Waals surface area contributed by atoms with Gasteiger partial charge in [-0.05, 0) is 49.1 Å². The average Bonchev–Trinajstić information content (AvgIpc) is 3.34. The molecule has 5 nitrogen and oxygen atoms in total. The van der Waals surface area contributed by atoms with Gasteiger partial charge < -0.3 is 9.80 Å². The second kappa shape index (κ2) is 9.75. The fourth-order valence-electron chi connectivity index (χ4n) is 4.59. The lowest BCUT2D eigenvalue weighted by Gasteiger charge is -2.40. The number of piperazine rings is 1. The number of benzene rings is 1. The van der Waals surface area contributed by atoms with Crippen LogP contribution in [0.1, 0.15) is 35.0 Å². The van der Waals surface area contributed by atoms with Gasteiger partial charge in [0, 0.05) is 39.3 Å². The van der Waals surface area contributed by atoms with Crippen molar-refractivity contribution in [3.63, 3.8) is 0 Å². The molecule has 0 spiro atoms. The molecule has 2 aromatic rings. The molecule has 2 amide bonds. The van der Waals surface area contributed by atoms with E-state index in [4.69, 9.17) is 0 Å². The number of hydrogen-bond acceptors (Lipinski definition) is 4. The first-order valence-electron chi connectivity index (χ1n) is 11.0. The Kier molecular flexibility index (Phi) is 6.85. The van der Waals surface area contributed by atoms with Crippen LogP contribution in [0, 0.1) is 5.92 Å². The van der Waals surface area contributed by atoms with Gasteiger partial charge in [0.05, 0.1) is 10.9 Å². The van der Waals surface area contributed by atoms with E-state index in [1.165, 1.54) is 16.9 Å². The van der Waals surface area contributed by atoms with Crippen molar-refractivity contribution in [2.75, 3.05) is 39.3 Å². The summed E-state index contributed by atoms with van der Waals surface area (Å²) in [7, 11) is 0. The number of likely N-dealkylation sites (tertiary alicyclic amines) is 1. The Bertz CT molecular complexity index is 823. The van der Waals surface area contributed by atoms with Crippen molar-refractivity contribution >= 4 is 23.2 Å². The van der Waals surface area contributed by atoms with Crippen LogP contribution in [0.3, 0.4) is 0 Å². The molecule has 0 radical (unpaired) electrons. The topological polar surface area (TPSA) is 43.9 Å². The molecule has 3 heterocycles. The predicted octanol–water partition coefficient (Wildman–Crippen LogP) is 3.38. The van der Waals surface area contributed by atoms with Crippen LogP contribution < -0.4 is 0 Å². The Labute approximate surface area is 183 Å². The number of piperidine rings is 1. The second-order valence-corrected chi connectivity index (χ2v) is 9.39. The third kappa shape index (κ3) is 4.93. The fraction of sp³-hybridized carbons (Fsp3) is 0.500. The van der Waals surface area contributed by atoms with Crippen molar-refractivity contribution in [3.8, 4) is 0 Å². The Morgan fingerprint density at radius 2 is 1.63 bits per heavy atom. The molecule has 4 rings (SSSR count). The van der Waals surface area contributed by atoms with Gasteiger partial charge in [0.15, 0.2) is 0 Å². The zero-order valence-electron chi connectivity index (χ0n) is 17.7. The molecule has 1 unspecified atom stereocenters. The number of hydrogen-bond donors (Lipinski definition) is 0. The van der Waals surface area contributed by atoms with E-state index in [2.05, 4.69) is 40.1 Å². The summed E-state index contributed by atoms with van der Waals surface area (Å²) < 4.78 is 0. The van der Waals surface area contributed by atoms with Crippen LogP contribution in [-0.2, 0) is 11.2 Å². The third-order valence-electron chi connectivity index (χ3n) is 6.53. The lowest BCUT2D eigenvalue weighted by molar-refractivity contribution is -0.138. The number of nitrogens with zero attached hydrogens (tertiary/aromatic N) is 3. The molecule has 1 atom stereocenters. The standard InChI is InChI=1S/C24H31N3O2S/c1-19(25-13-15-27(16-14-25)24(29)22-8-5-17-30-22)23(28)26-11-9-21(10-12-26)18-20-6-3-2-4-7-20/h2-8,17,19,21H,9-16,18H2,1H3. The van der Waals surface area contributed by atoms with Crippen LogP contribution in [0.2, 0.25) is 0 Å². The van der Waals surface area contributed by atoms with Crippen molar-refractivity contribution < 1.29 is 9.59 Å². The largest absolute Gasteiger partial charge is 0.341 e. The monoisotopic (exact) mass is 425 g/mol. The molecule has 0 bridgehead atoms. The fourth-order valence-corrected chi connectivity index (χ4v) is 5.28. The van der Waals surface area contributed by atoms with Gasteiger partial charge in [-0.3, -0.25) is 14.5 Å². The highest BCUT2D eigenvalue weighted by Gasteiger charge is 2.32. The highest BCUT2D eigenvalue weighted by molar-refractivity contribution is 7.12. The van der Waals surface area contributed by atoms with Crippen molar-refractivity contribution in [2.24, 2.45) is 5.92 Å². The minimum atomic E-state index is -0.116. The number of carbonyl (C=O) groups is 2. The minimum Gasteiger partial charge on any atom is -0.341 e. The van der Waals surface area contributed by atoms with Crippen LogP contribution in [0.4, 0.5) is 0 Å². The number of carbonyl (C=O) groups excluding carboxylic acids is 2. The van der Waals surface area contributed by atoms with E-state index in [0.717, 1.165) is 50.3 Å². The van der Waals surface area contributed by atoms with Crippen molar-refractivity contribution in [3.05, 3.63) is 58.3 Å². The average molecular weight is 426 g/mol. The van der Waals surface area contributed by atoms with Gasteiger partial charge in [-0.2, -0.15) is 0 Å². The van der Waals surface area contributed by atoms with Crippen molar-refractivity contribution in [1.82, 2.24) is 14.7 Å². The molecule has 0 aliphatic carbocycles. The molecule has 2 fully saturated rings. The Morgan fingerprint density at radius 3 is 2.27 bits per heavy atom. The molecule has 2 aliphatic rings. The first kappa shape index (κ1) is 21.1. The summed E-state index contributed by atoms with van der Waals surface area (Å²) in [6.07, 6.45) is 3.27. The van der Waals surface area contributed by atoms with Crippen molar-refractivity contribution in [2.45, 2.75) is 32.2 Å². The van der Waals surface area contributed by atoms with E-state index < -0.39 is 0 Å². The third-order valence-corrected chi connectivity index (χ3v) is 7.39. The normalized spacial score (nSPS) is 19.6. The van der Waals surface area contributed by atoms with Crippen molar-refractivity contribution in [1.29, 1.82) is 0 Å². The first-order valence-corrected chi connectivity index (χ1v) is 11.9. The Hall–Kier alpha value is -2.18. The van der Waals surface area contributed by atoms with E-state index in [9.17, 15) is 9.59 Å². The molecule has 0 saturated carbocycles. The van der Waals surface area contributed by atoms with Gasteiger partial charge >= 0.3 is 0 Å². The van der Waals surface area contributed by atoms with Crippen LogP contribution in [0.25, 0.3) is 0 Å². The maximum Gasteiger partial charge on any atom is 0.264 e. The minimum absolute atomic E-state index is 0.115. The van der Waals surface area contributed by atoms with Crippen LogP contribution in [0.5, 0.6) is 0 Å². The zero-order valence-corrected chi connectivity index (χ0v) is 18.5. The summed E-state index contributed by atoms with van der Waals surface area (Å²) >= 11 is 1.49. The van der Waals surface area contributed by atoms with Crippen LogP contribution in [0.15, 0.2) is 47.8 Å². The summed E-state index contributed by atoms with van der Waals surface area (Å²) in [5.74, 6) is 1.02. The SMILES string of the molecule is CC(C(=O)N1CCC(Cc2ccccc2)CC1)N1CCN(C(=O)c2cccs2)CC1. The number of amides is 2. The van der Waals surface area contributed by atoms with Gasteiger partial charge in [-0.15, -0.1) is 11.3 Å². The molecule has 30 heavy (non-hydrogen) atoms. The summed E-state index contributed by atoms with van der Waals surface area (Å²) in [5, 5.41) is 1.94. The maximum absolute atomic E-state index is 13.1. The van der Waals surface area contributed by atoms with Gasteiger partial charge in [-0.1, -0.05) is 36.4 Å². The summed E-state index contributed by atoms with van der Waals surface area (Å²) in [6, 6.07) is 14.3. The van der Waals surface area contributed by atoms with Gasteiger partial charge in [0.1, 0.15) is 0 Å². The number of rotatable bonds is 5. The highest BCUT2D eigenvalue weighted by atomic mass is 32.1. The predicted molar refractivity (Wildman–Crippen MR) is 121 cm³/mol. The van der Waals surface area contributed by atoms with E-state index in [-0.39, 0.29) is 17.9 Å². The summed E-state index contributed by atoms with van der Waals surface area (Å²) in [5.41, 5.74) is 1.39. The van der Waals surface area contributed by atoms with E-state index in [1.807, 2.05) is 29.3 Å². The van der Waals surface area contributed by atoms with E-state index >= 15 is 0 Å². The first-order chi connectivity index (χ1) is 14.6. The molecular weight excluding hydrogens is 394 g/mol. The molecular formula is C24H31N3O2S. The van der Waals surface area contributed by atoms with Crippen LogP contribution in [-0.4, -0.2) is 71.8 Å². The molecule has 2 aliphatic heterocycles. The van der Waals surface area contributed by atoms with E-state index in [0.29, 0.717) is 19.0 Å². The highest BCUT2D eigenvalue weighted by Crippen LogP contribution is 2.23. The summed E-state index contributed by atoms with van der Waals surface area (Å²) in [4.78, 5) is 32.6. The lowest BCUT2D eigenvalue weighted by atomic mass is 9.90. The van der Waals surface area contributed by atoms with Gasteiger partial charge in [0.25, 0.3) is 5.91 Å². The summed E-state index contributed by atoms with van der Waals surface area (Å²) in [6.45, 7) is 6.63.